The highest BCUT2D eigenvalue weighted by Crippen LogP contribution is 2.10. The van der Waals surface area contributed by atoms with Gasteiger partial charge < -0.3 is 10.3 Å². The van der Waals surface area contributed by atoms with E-state index in [0.29, 0.717) is 0 Å². The van der Waals surface area contributed by atoms with Gasteiger partial charge in [-0.3, -0.25) is 4.98 Å². The van der Waals surface area contributed by atoms with Crippen LogP contribution in [-0.2, 0) is 13.0 Å². The quantitative estimate of drug-likeness (QED) is 0.849. The minimum absolute atomic E-state index is 0.113. The van der Waals surface area contributed by atoms with E-state index in [-0.39, 0.29) is 6.04 Å². The molecule has 0 aliphatic rings. The van der Waals surface area contributed by atoms with Crippen LogP contribution in [0.2, 0.25) is 0 Å². The van der Waals surface area contributed by atoms with E-state index in [0.717, 1.165) is 13.0 Å². The van der Waals surface area contributed by atoms with E-state index < -0.39 is 0 Å². The first-order valence-electron chi connectivity index (χ1n) is 5.56. The van der Waals surface area contributed by atoms with Crippen LogP contribution in [-0.4, -0.2) is 9.55 Å². The molecule has 0 fully saturated rings. The molecule has 2 N–H and O–H groups in total. The zero-order valence-corrected chi connectivity index (χ0v) is 9.50. The lowest BCUT2D eigenvalue weighted by Crippen LogP contribution is -2.04. The first-order chi connectivity index (χ1) is 7.75. The molecule has 0 aliphatic heterocycles. The van der Waals surface area contributed by atoms with Crippen LogP contribution in [0.25, 0.3) is 0 Å². The largest absolute Gasteiger partial charge is 0.354 e. The Morgan fingerprint density at radius 1 is 1.31 bits per heavy atom. The number of pyridine rings is 1. The van der Waals surface area contributed by atoms with Gasteiger partial charge in [-0.15, -0.1) is 0 Å². The summed E-state index contributed by atoms with van der Waals surface area (Å²) in [6, 6.07) is 6.30. The summed E-state index contributed by atoms with van der Waals surface area (Å²) in [5, 5.41) is 0. The molecule has 2 heterocycles. The summed E-state index contributed by atoms with van der Waals surface area (Å²) < 4.78 is 2.18. The third kappa shape index (κ3) is 2.70. The number of nitrogens with two attached hydrogens (primary N) is 1. The molecule has 3 nitrogen and oxygen atoms in total. The zero-order valence-electron chi connectivity index (χ0n) is 9.50. The third-order valence-electron chi connectivity index (χ3n) is 2.71. The fourth-order valence-corrected chi connectivity index (χ4v) is 1.68. The van der Waals surface area contributed by atoms with Crippen molar-refractivity contribution in [1.82, 2.24) is 9.55 Å². The Balaban J connectivity index is 1.95. The Hall–Kier alpha value is -1.61. The molecule has 0 saturated carbocycles. The summed E-state index contributed by atoms with van der Waals surface area (Å²) in [5.74, 6) is 0. The lowest BCUT2D eigenvalue weighted by molar-refractivity contribution is 0.694. The molecule has 2 rings (SSSR count). The number of rotatable bonds is 4. The van der Waals surface area contributed by atoms with Crippen LogP contribution in [0.5, 0.6) is 0 Å². The number of aromatic nitrogens is 2. The molecule has 0 spiro atoms. The van der Waals surface area contributed by atoms with E-state index >= 15 is 0 Å². The van der Waals surface area contributed by atoms with Crippen molar-refractivity contribution in [3.63, 3.8) is 0 Å². The second-order valence-corrected chi connectivity index (χ2v) is 4.08. The highest BCUT2D eigenvalue weighted by atomic mass is 14.9. The predicted octanol–water partition coefficient (Wildman–Crippen LogP) is 2.15. The fraction of sp³-hybridized carbons (Fsp3) is 0.308. The number of aryl methyl sites for hydroxylation is 2. The van der Waals surface area contributed by atoms with Crippen LogP contribution in [0.15, 0.2) is 43.0 Å². The molecule has 0 radical (unpaired) electrons. The van der Waals surface area contributed by atoms with E-state index in [1.165, 1.54) is 11.1 Å². The van der Waals surface area contributed by atoms with Crippen molar-refractivity contribution in [2.45, 2.75) is 25.9 Å². The number of nitrogens with zero attached hydrogens (tertiary/aromatic N) is 2. The van der Waals surface area contributed by atoms with Crippen LogP contribution >= 0.6 is 0 Å². The molecule has 84 valence electrons. The zero-order chi connectivity index (χ0) is 11.4. The first-order valence-corrected chi connectivity index (χ1v) is 5.56. The molecule has 0 aliphatic carbocycles. The van der Waals surface area contributed by atoms with E-state index in [2.05, 4.69) is 40.1 Å². The number of hydrogen-bond donors (Lipinski definition) is 1. The van der Waals surface area contributed by atoms with E-state index in [4.69, 9.17) is 5.73 Å². The summed E-state index contributed by atoms with van der Waals surface area (Å²) in [4.78, 5) is 4.00. The van der Waals surface area contributed by atoms with Crippen molar-refractivity contribution in [3.05, 3.63) is 54.1 Å². The maximum atomic E-state index is 5.81. The van der Waals surface area contributed by atoms with Crippen molar-refractivity contribution in [2.24, 2.45) is 5.73 Å². The van der Waals surface area contributed by atoms with Gasteiger partial charge in [0.05, 0.1) is 0 Å². The standard InChI is InChI=1S/C13H17N3/c1-11(14)13-5-9-16(10-13)8-4-12-2-6-15-7-3-12/h2-3,5-7,9-11H,4,8,14H2,1H3. The Morgan fingerprint density at radius 2 is 2.06 bits per heavy atom. The van der Waals surface area contributed by atoms with Gasteiger partial charge in [-0.05, 0) is 42.7 Å². The molecule has 0 saturated heterocycles. The van der Waals surface area contributed by atoms with Gasteiger partial charge >= 0.3 is 0 Å². The fourth-order valence-electron chi connectivity index (χ4n) is 1.68. The van der Waals surface area contributed by atoms with Gasteiger partial charge in [-0.1, -0.05) is 0 Å². The molecule has 0 aromatic carbocycles. The topological polar surface area (TPSA) is 43.8 Å². The first kappa shape index (κ1) is 10.9. The molecule has 2 aromatic rings. The average molecular weight is 215 g/mol. The normalized spacial score (nSPS) is 12.6. The average Bonchev–Trinajstić information content (AvgIpc) is 2.76. The molecular formula is C13H17N3. The van der Waals surface area contributed by atoms with Gasteiger partial charge in [0.2, 0.25) is 0 Å². The lowest BCUT2D eigenvalue weighted by atomic mass is 10.2. The van der Waals surface area contributed by atoms with Gasteiger partial charge in [0.1, 0.15) is 0 Å². The van der Waals surface area contributed by atoms with Crippen LogP contribution in [0.4, 0.5) is 0 Å². The Kier molecular flexibility index (Phi) is 3.37. The SMILES string of the molecule is CC(N)c1ccn(CCc2ccncc2)c1. The molecular weight excluding hydrogens is 198 g/mol. The van der Waals surface area contributed by atoms with Crippen molar-refractivity contribution in [1.29, 1.82) is 0 Å². The smallest absolute Gasteiger partial charge is 0.0281 e. The second kappa shape index (κ2) is 4.94. The molecule has 0 amide bonds. The summed E-state index contributed by atoms with van der Waals surface area (Å²) in [7, 11) is 0. The lowest BCUT2D eigenvalue weighted by Gasteiger charge is -2.03. The van der Waals surface area contributed by atoms with Crippen molar-refractivity contribution in [3.8, 4) is 0 Å². The number of hydrogen-bond acceptors (Lipinski definition) is 2. The van der Waals surface area contributed by atoms with Crippen LogP contribution < -0.4 is 5.73 Å². The van der Waals surface area contributed by atoms with Gasteiger partial charge in [0.25, 0.3) is 0 Å². The summed E-state index contributed by atoms with van der Waals surface area (Å²) in [6.45, 7) is 2.99. The summed E-state index contributed by atoms with van der Waals surface area (Å²) in [6.07, 6.45) is 8.89. The van der Waals surface area contributed by atoms with E-state index in [9.17, 15) is 0 Å². The van der Waals surface area contributed by atoms with Crippen LogP contribution in [0, 0.1) is 0 Å². The van der Waals surface area contributed by atoms with Crippen molar-refractivity contribution >= 4 is 0 Å². The maximum Gasteiger partial charge on any atom is 0.0281 e. The molecule has 3 heteroatoms. The highest BCUT2D eigenvalue weighted by molar-refractivity contribution is 5.15. The Morgan fingerprint density at radius 3 is 2.69 bits per heavy atom. The molecule has 16 heavy (non-hydrogen) atoms. The van der Waals surface area contributed by atoms with Gasteiger partial charge in [0, 0.05) is 37.4 Å². The predicted molar refractivity (Wildman–Crippen MR) is 65.0 cm³/mol. The summed E-state index contributed by atoms with van der Waals surface area (Å²) in [5.41, 5.74) is 8.31. The molecule has 0 bridgehead atoms. The minimum atomic E-state index is 0.113. The molecule has 2 aromatic heterocycles. The summed E-state index contributed by atoms with van der Waals surface area (Å²) >= 11 is 0. The highest BCUT2D eigenvalue weighted by Gasteiger charge is 2.01. The monoisotopic (exact) mass is 215 g/mol. The molecule has 1 unspecified atom stereocenters. The van der Waals surface area contributed by atoms with E-state index in [1.54, 1.807) is 0 Å². The third-order valence-corrected chi connectivity index (χ3v) is 2.71. The van der Waals surface area contributed by atoms with Gasteiger partial charge in [0.15, 0.2) is 0 Å². The maximum absolute atomic E-state index is 5.81. The Bertz CT molecular complexity index is 431. The van der Waals surface area contributed by atoms with Crippen LogP contribution in [0.3, 0.4) is 0 Å². The van der Waals surface area contributed by atoms with Gasteiger partial charge in [-0.25, -0.2) is 0 Å². The molecule has 1 atom stereocenters. The van der Waals surface area contributed by atoms with Gasteiger partial charge in [-0.2, -0.15) is 0 Å². The second-order valence-electron chi connectivity index (χ2n) is 4.08. The Labute approximate surface area is 95.9 Å². The van der Waals surface area contributed by atoms with Crippen LogP contribution in [0.1, 0.15) is 24.1 Å². The van der Waals surface area contributed by atoms with E-state index in [1.807, 2.05) is 19.3 Å². The minimum Gasteiger partial charge on any atom is -0.354 e. The van der Waals surface area contributed by atoms with Crippen molar-refractivity contribution < 1.29 is 0 Å². The van der Waals surface area contributed by atoms with Crippen molar-refractivity contribution in [2.75, 3.05) is 0 Å².